The molecule has 0 aliphatic heterocycles. The van der Waals surface area contributed by atoms with Crippen molar-refractivity contribution in [2.45, 2.75) is 78.3 Å². The maximum atomic E-state index is 10.8. The van der Waals surface area contributed by atoms with Gasteiger partial charge in [0.2, 0.25) is 0 Å². The van der Waals surface area contributed by atoms with Crippen molar-refractivity contribution in [3.63, 3.8) is 0 Å². The van der Waals surface area contributed by atoms with Crippen LogP contribution < -0.4 is 5.11 Å². The van der Waals surface area contributed by atoms with Gasteiger partial charge in [0.15, 0.2) is 0 Å². The standard InChI is InChI=1S/C16H35NO3S.C2HF3O2/c1-4-7-12-17(13-8-5-2,14-9-6-3)15-10-11-16-21(18,19)20;3-2(4,5)1(6)7/h4-16H2,1-3H3;(H,6,7). The van der Waals surface area contributed by atoms with Crippen LogP contribution >= 0.6 is 0 Å². The van der Waals surface area contributed by atoms with Gasteiger partial charge in [-0.25, -0.2) is 0 Å². The quantitative estimate of drug-likeness (QED) is 0.257. The van der Waals surface area contributed by atoms with Crippen LogP contribution in [-0.2, 0) is 14.9 Å². The number of carbonyl (C=O) groups is 1. The highest BCUT2D eigenvalue weighted by Crippen LogP contribution is 2.17. The Kier molecular flexibility index (Phi) is 15.7. The molecular formula is C18H36F3NO5S. The van der Waals surface area contributed by atoms with E-state index in [0.717, 1.165) is 17.4 Å². The summed E-state index contributed by atoms with van der Waals surface area (Å²) in [6.45, 7) is 11.4. The summed E-state index contributed by atoms with van der Waals surface area (Å²) in [5.74, 6) is -3.10. The van der Waals surface area contributed by atoms with Crippen LogP contribution in [0.4, 0.5) is 13.2 Å². The number of unbranched alkanes of at least 4 members (excludes halogenated alkanes) is 4. The number of alkyl halides is 3. The number of carbonyl (C=O) groups excluding carboxylic acids is 1. The van der Waals surface area contributed by atoms with Crippen LogP contribution in [0.25, 0.3) is 0 Å². The van der Waals surface area contributed by atoms with Gasteiger partial charge in [-0.05, 0) is 32.1 Å². The Morgan fingerprint density at radius 2 is 1.18 bits per heavy atom. The van der Waals surface area contributed by atoms with E-state index in [0.29, 0.717) is 6.42 Å². The molecule has 10 heteroatoms. The number of carboxylic acid groups (broad SMARTS) is 1. The second-order valence-corrected chi connectivity index (χ2v) is 8.65. The molecule has 0 aromatic rings. The third-order valence-corrected chi connectivity index (χ3v) is 5.28. The number of nitrogens with zero attached hydrogens (tertiary/aromatic N) is 1. The normalized spacial score (nSPS) is 12.4. The lowest BCUT2D eigenvalue weighted by Gasteiger charge is -2.39. The van der Waals surface area contributed by atoms with Gasteiger partial charge in [0, 0.05) is 0 Å². The monoisotopic (exact) mass is 435 g/mol. The zero-order valence-electron chi connectivity index (χ0n) is 17.3. The predicted molar refractivity (Wildman–Crippen MR) is 101 cm³/mol. The topological polar surface area (TPSA) is 94.5 Å². The molecule has 170 valence electrons. The van der Waals surface area contributed by atoms with Crippen molar-refractivity contribution in [1.29, 1.82) is 0 Å². The lowest BCUT2D eigenvalue weighted by atomic mass is 10.1. The minimum atomic E-state index is -5.19. The molecular weight excluding hydrogens is 399 g/mol. The molecule has 1 N–H and O–H groups in total. The number of aliphatic carboxylic acids is 1. The zero-order chi connectivity index (χ0) is 22.3. The van der Waals surface area contributed by atoms with Crippen molar-refractivity contribution in [3.8, 4) is 0 Å². The fourth-order valence-corrected chi connectivity index (χ4v) is 3.45. The molecule has 0 heterocycles. The molecule has 28 heavy (non-hydrogen) atoms. The van der Waals surface area contributed by atoms with Crippen molar-refractivity contribution >= 4 is 16.1 Å². The van der Waals surface area contributed by atoms with Crippen LogP contribution in [0.5, 0.6) is 0 Å². The van der Waals surface area contributed by atoms with E-state index in [1.165, 1.54) is 58.2 Å². The van der Waals surface area contributed by atoms with Gasteiger partial charge < -0.3 is 14.4 Å². The Morgan fingerprint density at radius 3 is 1.43 bits per heavy atom. The van der Waals surface area contributed by atoms with Gasteiger partial charge in [-0.3, -0.25) is 4.55 Å². The maximum absolute atomic E-state index is 10.8. The van der Waals surface area contributed by atoms with E-state index in [1.54, 1.807) is 0 Å². The minimum absolute atomic E-state index is 0.0949. The van der Waals surface area contributed by atoms with Gasteiger partial charge in [0.05, 0.1) is 31.9 Å². The molecule has 0 unspecified atom stereocenters. The average molecular weight is 436 g/mol. The molecule has 0 amide bonds. The summed E-state index contributed by atoms with van der Waals surface area (Å²) in [4.78, 5) is 8.78. The first-order chi connectivity index (χ1) is 12.8. The van der Waals surface area contributed by atoms with Crippen molar-refractivity contribution < 1.29 is 40.5 Å². The average Bonchev–Trinajstić information content (AvgIpc) is 2.58. The summed E-state index contributed by atoms with van der Waals surface area (Å²) in [6, 6.07) is 0. The third-order valence-electron chi connectivity index (χ3n) is 4.47. The van der Waals surface area contributed by atoms with Crippen molar-refractivity contribution in [2.75, 3.05) is 31.9 Å². The van der Waals surface area contributed by atoms with E-state index >= 15 is 0 Å². The molecule has 0 aliphatic rings. The van der Waals surface area contributed by atoms with E-state index in [1.807, 2.05) is 0 Å². The Hall–Kier alpha value is -0.870. The largest absolute Gasteiger partial charge is 0.542 e. The lowest BCUT2D eigenvalue weighted by molar-refractivity contribution is -0.929. The van der Waals surface area contributed by atoms with Gasteiger partial charge in [0.1, 0.15) is 5.97 Å². The number of rotatable bonds is 14. The van der Waals surface area contributed by atoms with Crippen molar-refractivity contribution in [2.24, 2.45) is 0 Å². The lowest BCUT2D eigenvalue weighted by Crippen LogP contribution is -2.50. The molecule has 0 saturated carbocycles. The van der Waals surface area contributed by atoms with Crippen LogP contribution in [0, 0.1) is 0 Å². The molecule has 6 nitrogen and oxygen atoms in total. The van der Waals surface area contributed by atoms with Crippen LogP contribution in [0.1, 0.15) is 72.1 Å². The maximum Gasteiger partial charge on any atom is 0.430 e. The molecule has 0 atom stereocenters. The summed E-state index contributed by atoms with van der Waals surface area (Å²) in [5.41, 5.74) is 0. The van der Waals surface area contributed by atoms with E-state index < -0.39 is 22.3 Å². The molecule has 0 aromatic carbocycles. The number of hydrogen-bond donors (Lipinski definition) is 1. The molecule has 0 fully saturated rings. The smallest absolute Gasteiger partial charge is 0.430 e. The summed E-state index contributed by atoms with van der Waals surface area (Å²) >= 11 is 0. The summed E-state index contributed by atoms with van der Waals surface area (Å²) in [5, 5.41) is 8.78. The van der Waals surface area contributed by atoms with Crippen LogP contribution in [0.15, 0.2) is 0 Å². The molecule has 0 rings (SSSR count). The van der Waals surface area contributed by atoms with Gasteiger partial charge in [-0.2, -0.15) is 21.6 Å². The Morgan fingerprint density at radius 1 is 0.857 bits per heavy atom. The third kappa shape index (κ3) is 17.2. The van der Waals surface area contributed by atoms with Gasteiger partial charge in [-0.1, -0.05) is 40.0 Å². The summed E-state index contributed by atoms with van der Waals surface area (Å²) in [7, 11) is -3.80. The first-order valence-corrected chi connectivity index (χ1v) is 11.5. The van der Waals surface area contributed by atoms with E-state index in [-0.39, 0.29) is 5.75 Å². The Labute approximate surface area is 167 Å². The van der Waals surface area contributed by atoms with E-state index in [2.05, 4.69) is 20.8 Å². The predicted octanol–water partition coefficient (Wildman–Crippen LogP) is 3.17. The van der Waals surface area contributed by atoms with Crippen LogP contribution in [0.2, 0.25) is 0 Å². The first kappa shape index (κ1) is 29.3. The zero-order valence-corrected chi connectivity index (χ0v) is 18.1. The second-order valence-electron chi connectivity index (χ2n) is 7.08. The molecule has 0 bridgehead atoms. The Bertz CT molecular complexity index is 488. The Balaban J connectivity index is 0. The van der Waals surface area contributed by atoms with Crippen LogP contribution in [0.3, 0.4) is 0 Å². The highest BCUT2D eigenvalue weighted by Gasteiger charge is 2.29. The SMILES string of the molecule is CCCC[N+](CCCC)(CCCC)CCCCS(=O)(=O)O.O=C([O-])C(F)(F)F. The fraction of sp³-hybridized carbons (Fsp3) is 0.944. The van der Waals surface area contributed by atoms with Crippen molar-refractivity contribution in [1.82, 2.24) is 0 Å². The van der Waals surface area contributed by atoms with E-state index in [4.69, 9.17) is 14.5 Å². The molecule has 0 aliphatic carbocycles. The minimum Gasteiger partial charge on any atom is -0.542 e. The number of quaternary nitrogens is 1. The van der Waals surface area contributed by atoms with Crippen LogP contribution in [-0.4, -0.2) is 61.5 Å². The first-order valence-electron chi connectivity index (χ1n) is 9.92. The fourth-order valence-electron chi connectivity index (χ4n) is 2.88. The molecule has 0 spiro atoms. The molecule has 0 radical (unpaired) electrons. The van der Waals surface area contributed by atoms with Gasteiger partial charge in [0.25, 0.3) is 10.1 Å². The van der Waals surface area contributed by atoms with Crippen molar-refractivity contribution in [3.05, 3.63) is 0 Å². The number of halogens is 3. The molecule has 0 aromatic heterocycles. The van der Waals surface area contributed by atoms with E-state index in [9.17, 15) is 21.6 Å². The molecule has 0 saturated heterocycles. The second kappa shape index (κ2) is 15.0. The highest BCUT2D eigenvalue weighted by atomic mass is 32.2. The highest BCUT2D eigenvalue weighted by molar-refractivity contribution is 7.85. The summed E-state index contributed by atoms with van der Waals surface area (Å²) in [6.07, 6.45) is 3.62. The number of hydrogen-bond acceptors (Lipinski definition) is 4. The summed E-state index contributed by atoms with van der Waals surface area (Å²) < 4.78 is 63.2. The van der Waals surface area contributed by atoms with Gasteiger partial charge in [-0.15, -0.1) is 0 Å². The van der Waals surface area contributed by atoms with Gasteiger partial charge >= 0.3 is 6.18 Å². The number of carboxylic acids is 1.